The number of nitrogens with zero attached hydrogens (tertiary/aromatic N) is 3. The molecule has 0 saturated carbocycles. The number of aryl methyl sites for hydroxylation is 2. The summed E-state index contributed by atoms with van der Waals surface area (Å²) in [6.07, 6.45) is 2.64. The first-order valence-electron chi connectivity index (χ1n) is 7.56. The fraction of sp³-hybridized carbons (Fsp3) is 0.294. The second kappa shape index (κ2) is 6.52. The summed E-state index contributed by atoms with van der Waals surface area (Å²) >= 11 is 1.61. The van der Waals surface area contributed by atoms with E-state index in [1.54, 1.807) is 17.4 Å². The van der Waals surface area contributed by atoms with Gasteiger partial charge in [0.25, 0.3) is 0 Å². The summed E-state index contributed by atoms with van der Waals surface area (Å²) in [7, 11) is 0. The molecular formula is C17H19N3O2S. The van der Waals surface area contributed by atoms with Crippen molar-refractivity contribution >= 4 is 32.9 Å². The van der Waals surface area contributed by atoms with Crippen molar-refractivity contribution in [1.82, 2.24) is 4.57 Å². The van der Waals surface area contributed by atoms with E-state index in [9.17, 15) is 5.11 Å². The van der Waals surface area contributed by atoms with E-state index in [0.29, 0.717) is 18.1 Å². The van der Waals surface area contributed by atoms with Crippen LogP contribution >= 0.6 is 11.3 Å². The van der Waals surface area contributed by atoms with Gasteiger partial charge in [0.2, 0.25) is 0 Å². The Kier molecular flexibility index (Phi) is 4.45. The molecule has 0 saturated heterocycles. The van der Waals surface area contributed by atoms with Crippen LogP contribution in [0.4, 0.5) is 11.5 Å². The van der Waals surface area contributed by atoms with Crippen LogP contribution in [0.15, 0.2) is 40.7 Å². The zero-order valence-electron chi connectivity index (χ0n) is 13.2. The molecule has 0 radical (unpaired) electrons. The summed E-state index contributed by atoms with van der Waals surface area (Å²) < 4.78 is 2.82. The first-order chi connectivity index (χ1) is 11.1. The van der Waals surface area contributed by atoms with Crippen LogP contribution in [-0.4, -0.2) is 21.4 Å². The first-order valence-corrected chi connectivity index (χ1v) is 8.38. The minimum Gasteiger partial charge on any atom is -0.507 e. The molecule has 1 aromatic carbocycles. The van der Waals surface area contributed by atoms with Crippen LogP contribution in [0.2, 0.25) is 0 Å². The number of hydrogen-bond acceptors (Lipinski definition) is 5. The van der Waals surface area contributed by atoms with Crippen molar-refractivity contribution in [3.63, 3.8) is 0 Å². The SMILES string of the molecule is CCc1cc(O)c2cc(C)sc2c1N=Nc1cccn1CCO. The number of aromatic hydroxyl groups is 1. The second-order valence-corrected chi connectivity index (χ2v) is 6.60. The number of azo groups is 1. The predicted octanol–water partition coefficient (Wildman–Crippen LogP) is 4.69. The van der Waals surface area contributed by atoms with Crippen LogP contribution in [0.3, 0.4) is 0 Å². The predicted molar refractivity (Wildman–Crippen MR) is 93.3 cm³/mol. The Labute approximate surface area is 138 Å². The number of phenols is 1. The average Bonchev–Trinajstić information content (AvgIpc) is 3.13. The van der Waals surface area contributed by atoms with Gasteiger partial charge in [-0.2, -0.15) is 0 Å². The van der Waals surface area contributed by atoms with E-state index >= 15 is 0 Å². The topological polar surface area (TPSA) is 70.1 Å². The van der Waals surface area contributed by atoms with Gasteiger partial charge in [0.05, 0.1) is 11.3 Å². The van der Waals surface area contributed by atoms with Gasteiger partial charge in [0, 0.05) is 23.0 Å². The van der Waals surface area contributed by atoms with E-state index < -0.39 is 0 Å². The highest BCUT2D eigenvalue weighted by molar-refractivity contribution is 7.19. The molecule has 3 rings (SSSR count). The quantitative estimate of drug-likeness (QED) is 0.667. The number of hydrogen-bond donors (Lipinski definition) is 2. The van der Waals surface area contributed by atoms with Crippen LogP contribution in [0.25, 0.3) is 10.1 Å². The van der Waals surface area contributed by atoms with E-state index in [-0.39, 0.29) is 6.61 Å². The highest BCUT2D eigenvalue weighted by Gasteiger charge is 2.13. The Morgan fingerprint density at radius 1 is 1.26 bits per heavy atom. The maximum Gasteiger partial charge on any atom is 0.155 e. The third-order valence-corrected chi connectivity index (χ3v) is 4.80. The van der Waals surface area contributed by atoms with Crippen molar-refractivity contribution < 1.29 is 10.2 Å². The number of phenolic OH excluding ortho intramolecular Hbond substituents is 1. The Hall–Kier alpha value is -2.18. The number of aliphatic hydroxyl groups is 1. The molecule has 2 N–H and O–H groups in total. The average molecular weight is 329 g/mol. The maximum absolute atomic E-state index is 10.2. The van der Waals surface area contributed by atoms with Crippen LogP contribution < -0.4 is 0 Å². The summed E-state index contributed by atoms with van der Waals surface area (Å²) in [6, 6.07) is 7.49. The van der Waals surface area contributed by atoms with Crippen molar-refractivity contribution in [2.45, 2.75) is 26.8 Å². The molecule has 0 aliphatic carbocycles. The van der Waals surface area contributed by atoms with Gasteiger partial charge >= 0.3 is 0 Å². The second-order valence-electron chi connectivity index (χ2n) is 5.34. The monoisotopic (exact) mass is 329 g/mol. The van der Waals surface area contributed by atoms with Gasteiger partial charge in [-0.1, -0.05) is 6.92 Å². The highest BCUT2D eigenvalue weighted by Crippen LogP contribution is 2.42. The molecule has 2 heterocycles. The number of rotatable bonds is 5. The molecule has 2 aromatic heterocycles. The summed E-state index contributed by atoms with van der Waals surface area (Å²) in [5.74, 6) is 0.999. The minimum absolute atomic E-state index is 0.0605. The molecule has 0 atom stereocenters. The van der Waals surface area contributed by atoms with Crippen molar-refractivity contribution in [2.75, 3.05) is 6.61 Å². The lowest BCUT2D eigenvalue weighted by molar-refractivity contribution is 0.277. The zero-order valence-corrected chi connectivity index (χ0v) is 14.0. The molecule has 0 amide bonds. The maximum atomic E-state index is 10.2. The molecule has 0 spiro atoms. The van der Waals surface area contributed by atoms with E-state index in [0.717, 1.165) is 32.6 Å². The molecule has 0 aliphatic rings. The standard InChI is InChI=1S/C17H19N3O2S/c1-3-12-10-14(22)13-9-11(2)23-17(13)16(12)19-18-15-5-4-6-20(15)7-8-21/h4-6,9-10,21-22H,3,7-8H2,1-2H3. The van der Waals surface area contributed by atoms with Crippen LogP contribution in [0.5, 0.6) is 5.75 Å². The number of aliphatic hydroxyl groups excluding tert-OH is 1. The van der Waals surface area contributed by atoms with Gasteiger partial charge in [-0.05, 0) is 43.2 Å². The number of benzene rings is 1. The van der Waals surface area contributed by atoms with Gasteiger partial charge in [-0.15, -0.1) is 21.6 Å². The highest BCUT2D eigenvalue weighted by atomic mass is 32.1. The van der Waals surface area contributed by atoms with Crippen LogP contribution in [-0.2, 0) is 13.0 Å². The van der Waals surface area contributed by atoms with Crippen molar-refractivity contribution in [2.24, 2.45) is 10.2 Å². The van der Waals surface area contributed by atoms with Gasteiger partial charge in [-0.3, -0.25) is 0 Å². The van der Waals surface area contributed by atoms with Gasteiger partial charge in [0.1, 0.15) is 11.4 Å². The fourth-order valence-electron chi connectivity index (χ4n) is 2.61. The Morgan fingerprint density at radius 3 is 2.83 bits per heavy atom. The van der Waals surface area contributed by atoms with E-state index in [4.69, 9.17) is 5.11 Å². The van der Waals surface area contributed by atoms with Crippen molar-refractivity contribution in [3.05, 3.63) is 40.9 Å². The summed E-state index contributed by atoms with van der Waals surface area (Å²) in [5.41, 5.74) is 1.79. The van der Waals surface area contributed by atoms with Crippen molar-refractivity contribution in [3.8, 4) is 5.75 Å². The number of thiophene rings is 1. The van der Waals surface area contributed by atoms with E-state index in [1.807, 2.05) is 42.8 Å². The molecule has 3 aromatic rings. The van der Waals surface area contributed by atoms with Gasteiger partial charge < -0.3 is 14.8 Å². The van der Waals surface area contributed by atoms with Crippen LogP contribution in [0, 0.1) is 6.92 Å². The molecule has 0 aliphatic heterocycles. The summed E-state index contributed by atoms with van der Waals surface area (Å²) in [4.78, 5) is 1.13. The Balaban J connectivity index is 2.09. The molecule has 0 unspecified atom stereocenters. The summed E-state index contributed by atoms with van der Waals surface area (Å²) in [5, 5.41) is 28.9. The molecule has 120 valence electrons. The van der Waals surface area contributed by atoms with Gasteiger partial charge in [0.15, 0.2) is 5.82 Å². The lowest BCUT2D eigenvalue weighted by atomic mass is 10.1. The normalized spacial score (nSPS) is 11.8. The van der Waals surface area contributed by atoms with Gasteiger partial charge in [-0.25, -0.2) is 0 Å². The fourth-order valence-corrected chi connectivity index (χ4v) is 3.65. The largest absolute Gasteiger partial charge is 0.507 e. The molecular weight excluding hydrogens is 310 g/mol. The smallest absolute Gasteiger partial charge is 0.155 e. The number of fused-ring (bicyclic) bond motifs is 1. The zero-order chi connectivity index (χ0) is 16.4. The molecule has 0 bridgehead atoms. The molecule has 5 nitrogen and oxygen atoms in total. The minimum atomic E-state index is 0.0605. The molecule has 6 heteroatoms. The van der Waals surface area contributed by atoms with E-state index in [1.165, 1.54) is 0 Å². The number of aromatic nitrogens is 1. The first kappa shape index (κ1) is 15.7. The third kappa shape index (κ3) is 3.00. The van der Waals surface area contributed by atoms with Crippen LogP contribution in [0.1, 0.15) is 17.4 Å². The molecule has 23 heavy (non-hydrogen) atoms. The third-order valence-electron chi connectivity index (χ3n) is 3.74. The Bertz CT molecular complexity index is 864. The summed E-state index contributed by atoms with van der Waals surface area (Å²) in [6.45, 7) is 4.60. The lowest BCUT2D eigenvalue weighted by Crippen LogP contribution is -1.98. The molecule has 0 fully saturated rings. The van der Waals surface area contributed by atoms with E-state index in [2.05, 4.69) is 10.2 Å². The Morgan fingerprint density at radius 2 is 2.09 bits per heavy atom. The lowest BCUT2D eigenvalue weighted by Gasteiger charge is -2.06. The van der Waals surface area contributed by atoms with Crippen molar-refractivity contribution in [1.29, 1.82) is 0 Å².